The van der Waals surface area contributed by atoms with Crippen molar-refractivity contribution in [3.05, 3.63) is 76.9 Å². The van der Waals surface area contributed by atoms with E-state index in [1.165, 1.54) is 0 Å². The molecule has 0 amide bonds. The zero-order chi connectivity index (χ0) is 14.1. The summed E-state index contributed by atoms with van der Waals surface area (Å²) in [7, 11) is 0. The van der Waals surface area contributed by atoms with Crippen molar-refractivity contribution in [3.8, 4) is 0 Å². The molecule has 0 aliphatic carbocycles. The summed E-state index contributed by atoms with van der Waals surface area (Å²) in [5.41, 5.74) is 2.66. The van der Waals surface area contributed by atoms with Gasteiger partial charge in [0.15, 0.2) is 11.2 Å². The van der Waals surface area contributed by atoms with E-state index >= 15 is 0 Å². The lowest BCUT2D eigenvalue weighted by Gasteiger charge is -2.03. The Labute approximate surface area is 116 Å². The third-order valence-corrected chi connectivity index (χ3v) is 3.35. The molecule has 0 unspecified atom stereocenters. The number of aliphatic hydroxyl groups is 1. The lowest BCUT2D eigenvalue weighted by atomic mass is 10.1. The van der Waals surface area contributed by atoms with Gasteiger partial charge in [0.1, 0.15) is 5.58 Å². The Balaban J connectivity index is 2.40. The minimum atomic E-state index is 0.0849. The second kappa shape index (κ2) is 4.74. The number of hydrogen-bond donors (Lipinski definition) is 1. The maximum Gasteiger partial charge on any atom is 0.177 e. The van der Waals surface area contributed by atoms with E-state index in [1.54, 1.807) is 6.08 Å². The van der Waals surface area contributed by atoms with E-state index in [-0.39, 0.29) is 5.76 Å². The number of furan rings is 1. The fourth-order valence-electron chi connectivity index (χ4n) is 2.30. The highest BCUT2D eigenvalue weighted by Gasteiger charge is 2.09. The summed E-state index contributed by atoms with van der Waals surface area (Å²) in [6, 6.07) is 15.1. The molecule has 0 radical (unpaired) electrons. The predicted octanol–water partition coefficient (Wildman–Crippen LogP) is 3.20. The first-order chi connectivity index (χ1) is 9.72. The second-order valence-electron chi connectivity index (χ2n) is 4.55. The third-order valence-electron chi connectivity index (χ3n) is 3.35. The lowest BCUT2D eigenvalue weighted by molar-refractivity contribution is 0.471. The quantitative estimate of drug-likeness (QED) is 0.769. The molecule has 2 nitrogen and oxygen atoms in total. The molecule has 0 aliphatic heterocycles. The van der Waals surface area contributed by atoms with E-state index in [1.807, 2.05) is 48.5 Å². The van der Waals surface area contributed by atoms with Crippen LogP contribution in [0.4, 0.5) is 0 Å². The minimum Gasteiger partial charge on any atom is -0.504 e. The van der Waals surface area contributed by atoms with Gasteiger partial charge < -0.3 is 9.52 Å². The van der Waals surface area contributed by atoms with Gasteiger partial charge >= 0.3 is 0 Å². The van der Waals surface area contributed by atoms with Crippen molar-refractivity contribution in [2.45, 2.75) is 0 Å². The molecule has 0 fully saturated rings. The lowest BCUT2D eigenvalue weighted by Crippen LogP contribution is -2.22. The van der Waals surface area contributed by atoms with Crippen molar-refractivity contribution < 1.29 is 9.52 Å². The number of fused-ring (bicyclic) bond motifs is 1. The molecule has 3 rings (SSSR count). The van der Waals surface area contributed by atoms with Crippen molar-refractivity contribution >= 4 is 29.4 Å². The topological polar surface area (TPSA) is 33.4 Å². The molecule has 20 heavy (non-hydrogen) atoms. The molecule has 1 heterocycles. The number of benzene rings is 2. The summed E-state index contributed by atoms with van der Waals surface area (Å²) in [5, 5.41) is 12.1. The standard InChI is InChI=1S/C18H14O2/c1-3-13-8-4-5-10-15(13)17(19)18-12(2)14-9-6-7-11-16(14)20-18/h3-11,19H,1-2H2/b18-17-. The van der Waals surface area contributed by atoms with Crippen molar-refractivity contribution in [2.24, 2.45) is 0 Å². The largest absolute Gasteiger partial charge is 0.504 e. The first-order valence-corrected chi connectivity index (χ1v) is 6.34. The van der Waals surface area contributed by atoms with Gasteiger partial charge in [-0.3, -0.25) is 0 Å². The molecule has 98 valence electrons. The minimum absolute atomic E-state index is 0.0849. The predicted molar refractivity (Wildman–Crippen MR) is 82.7 cm³/mol. The molecule has 1 N–H and O–H groups in total. The molecule has 0 saturated carbocycles. The van der Waals surface area contributed by atoms with Crippen LogP contribution < -0.4 is 10.6 Å². The number of rotatable bonds is 2. The van der Waals surface area contributed by atoms with Crippen molar-refractivity contribution in [1.29, 1.82) is 0 Å². The maximum atomic E-state index is 10.5. The molecule has 2 heteroatoms. The molecule has 0 bridgehead atoms. The third kappa shape index (κ3) is 1.82. The summed E-state index contributed by atoms with van der Waals surface area (Å²) in [6.07, 6.45) is 1.71. The zero-order valence-corrected chi connectivity index (χ0v) is 11.0. The van der Waals surface area contributed by atoms with Gasteiger partial charge in [0.2, 0.25) is 0 Å². The Hall–Kier alpha value is -2.74. The highest BCUT2D eigenvalue weighted by Crippen LogP contribution is 2.16. The normalized spacial score (nSPS) is 12.4. The number of para-hydroxylation sites is 1. The van der Waals surface area contributed by atoms with Crippen LogP contribution in [0.2, 0.25) is 0 Å². The first-order valence-electron chi connectivity index (χ1n) is 6.34. The van der Waals surface area contributed by atoms with Crippen LogP contribution in [0.1, 0.15) is 11.1 Å². The maximum absolute atomic E-state index is 10.5. The summed E-state index contributed by atoms with van der Waals surface area (Å²) >= 11 is 0. The highest BCUT2D eigenvalue weighted by atomic mass is 16.3. The van der Waals surface area contributed by atoms with E-state index < -0.39 is 0 Å². The van der Waals surface area contributed by atoms with Crippen LogP contribution in [0, 0.1) is 0 Å². The summed E-state index contributed by atoms with van der Waals surface area (Å²) in [4.78, 5) is 0. The Bertz CT molecular complexity index is 901. The molecule has 1 aromatic heterocycles. The molecule has 2 aromatic carbocycles. The van der Waals surface area contributed by atoms with Crippen molar-refractivity contribution in [3.63, 3.8) is 0 Å². The smallest absolute Gasteiger partial charge is 0.177 e. The second-order valence-corrected chi connectivity index (χ2v) is 4.55. The van der Waals surface area contributed by atoms with Gasteiger partial charge in [-0.2, -0.15) is 0 Å². The van der Waals surface area contributed by atoms with Crippen LogP contribution in [0.15, 0.2) is 59.5 Å². The zero-order valence-electron chi connectivity index (χ0n) is 11.0. The Morgan fingerprint density at radius 1 is 1.05 bits per heavy atom. The highest BCUT2D eigenvalue weighted by molar-refractivity contribution is 5.79. The average molecular weight is 262 g/mol. The molecule has 0 spiro atoms. The molecule has 0 aliphatic rings. The van der Waals surface area contributed by atoms with Gasteiger partial charge in [0.05, 0.1) is 0 Å². The monoisotopic (exact) mass is 262 g/mol. The average Bonchev–Trinajstić information content (AvgIpc) is 2.84. The fraction of sp³-hybridized carbons (Fsp3) is 0. The van der Waals surface area contributed by atoms with Gasteiger partial charge in [-0.05, 0) is 11.6 Å². The molecular weight excluding hydrogens is 248 g/mol. The molecule has 3 aromatic rings. The van der Waals surface area contributed by atoms with Gasteiger partial charge in [-0.25, -0.2) is 0 Å². The van der Waals surface area contributed by atoms with E-state index in [4.69, 9.17) is 4.42 Å². The summed E-state index contributed by atoms with van der Waals surface area (Å²) in [6.45, 7) is 7.77. The summed E-state index contributed by atoms with van der Waals surface area (Å²) in [5.74, 6) is 0.0849. The molecular formula is C18H14O2. The van der Waals surface area contributed by atoms with Crippen LogP contribution in [-0.4, -0.2) is 5.11 Å². The summed E-state index contributed by atoms with van der Waals surface area (Å²) < 4.78 is 5.73. The number of hydrogen-bond acceptors (Lipinski definition) is 2. The van der Waals surface area contributed by atoms with E-state index in [0.29, 0.717) is 16.2 Å². The van der Waals surface area contributed by atoms with Gasteiger partial charge in [-0.15, -0.1) is 0 Å². The Morgan fingerprint density at radius 3 is 2.50 bits per heavy atom. The molecule has 0 saturated heterocycles. The van der Waals surface area contributed by atoms with Crippen molar-refractivity contribution in [2.75, 3.05) is 0 Å². The van der Waals surface area contributed by atoms with Gasteiger partial charge in [-0.1, -0.05) is 61.7 Å². The van der Waals surface area contributed by atoms with E-state index in [0.717, 1.165) is 16.5 Å². The van der Waals surface area contributed by atoms with Crippen LogP contribution in [0.3, 0.4) is 0 Å². The van der Waals surface area contributed by atoms with Crippen LogP contribution >= 0.6 is 0 Å². The van der Waals surface area contributed by atoms with Crippen LogP contribution in [0.5, 0.6) is 0 Å². The molecule has 0 atom stereocenters. The Kier molecular flexibility index (Phi) is 2.92. The first kappa shape index (κ1) is 12.3. The van der Waals surface area contributed by atoms with E-state index in [9.17, 15) is 5.11 Å². The van der Waals surface area contributed by atoms with Crippen LogP contribution in [0.25, 0.3) is 29.4 Å². The van der Waals surface area contributed by atoms with Crippen molar-refractivity contribution in [1.82, 2.24) is 0 Å². The number of aliphatic hydroxyl groups excluding tert-OH is 1. The van der Waals surface area contributed by atoms with E-state index in [2.05, 4.69) is 13.2 Å². The fourth-order valence-corrected chi connectivity index (χ4v) is 2.30. The van der Waals surface area contributed by atoms with Gasteiger partial charge in [0.25, 0.3) is 0 Å². The SMILES string of the molecule is C=Cc1ccccc1/C(O)=c1/oc2ccccc2c1=C. The Morgan fingerprint density at radius 2 is 1.75 bits per heavy atom. The van der Waals surface area contributed by atoms with Crippen LogP contribution in [-0.2, 0) is 0 Å². The van der Waals surface area contributed by atoms with Gasteiger partial charge in [0, 0.05) is 16.2 Å².